The average Bonchev–Trinajstić information content (AvgIpc) is 2.56. The second-order valence-corrected chi connectivity index (χ2v) is 5.17. The minimum Gasteiger partial charge on any atom is -0.305 e. The fraction of sp³-hybridized carbons (Fsp3) is 0.333. The van der Waals surface area contributed by atoms with Crippen LogP contribution in [-0.4, -0.2) is 23.6 Å². The van der Waals surface area contributed by atoms with E-state index < -0.39 is 17.5 Å². The topological polar surface area (TPSA) is 37.4 Å². The summed E-state index contributed by atoms with van der Waals surface area (Å²) in [5, 5.41) is 0.683. The molecule has 6 heteroatoms. The molecule has 1 aliphatic heterocycles. The molecule has 0 aromatic heterocycles. The number of Topliss-reactive ketones (excluding diaryl/α,β-unsaturated/α-hetero) is 1. The van der Waals surface area contributed by atoms with Gasteiger partial charge in [-0.15, -0.1) is 0 Å². The van der Waals surface area contributed by atoms with Crippen LogP contribution < -0.4 is 4.90 Å². The van der Waals surface area contributed by atoms with Gasteiger partial charge in [0.05, 0.1) is 16.3 Å². The smallest absolute Gasteiger partial charge is 0.299 e. The molecule has 0 unspecified atom stereocenters. The van der Waals surface area contributed by atoms with E-state index in [4.69, 9.17) is 11.6 Å². The Morgan fingerprint density at radius 1 is 1.28 bits per heavy atom. The Balaban J connectivity index is 2.33. The van der Waals surface area contributed by atoms with Crippen LogP contribution in [0.4, 0.5) is 10.1 Å². The highest BCUT2D eigenvalue weighted by molar-refractivity contribution is 9.09. The van der Waals surface area contributed by atoms with Crippen LogP contribution in [0.1, 0.15) is 23.2 Å². The van der Waals surface area contributed by atoms with Crippen LogP contribution in [0.25, 0.3) is 0 Å². The van der Waals surface area contributed by atoms with Gasteiger partial charge < -0.3 is 4.90 Å². The van der Waals surface area contributed by atoms with E-state index in [2.05, 4.69) is 15.9 Å². The number of ketones is 1. The van der Waals surface area contributed by atoms with E-state index in [1.165, 1.54) is 11.0 Å². The lowest BCUT2D eigenvalue weighted by Crippen LogP contribution is -2.30. The number of nitrogens with zero attached hydrogens (tertiary/aromatic N) is 1. The molecule has 1 heterocycles. The summed E-state index contributed by atoms with van der Waals surface area (Å²) in [4.78, 5) is 24.8. The standard InChI is InChI=1S/C12H10BrClFNO2/c13-3-1-2-4-16-10-6-9(15)8(14)5-7(10)11(17)12(16)18/h5-6H,1-4H2. The van der Waals surface area contributed by atoms with Crippen molar-refractivity contribution in [3.63, 3.8) is 0 Å². The number of carbonyl (C=O) groups is 2. The van der Waals surface area contributed by atoms with Crippen molar-refractivity contribution in [1.29, 1.82) is 0 Å². The predicted molar refractivity (Wildman–Crippen MR) is 71.1 cm³/mol. The first kappa shape index (κ1) is 13.5. The SMILES string of the molecule is O=C1C(=O)N(CCCCBr)c2cc(F)c(Cl)cc21. The molecule has 2 rings (SSSR count). The molecule has 0 saturated carbocycles. The summed E-state index contributed by atoms with van der Waals surface area (Å²) in [6.07, 6.45) is 1.62. The van der Waals surface area contributed by atoms with E-state index in [1.54, 1.807) is 0 Å². The zero-order valence-electron chi connectivity index (χ0n) is 9.38. The molecule has 0 fully saturated rings. The number of fused-ring (bicyclic) bond motifs is 1. The monoisotopic (exact) mass is 333 g/mol. The molecule has 0 radical (unpaired) electrons. The number of benzene rings is 1. The van der Waals surface area contributed by atoms with Crippen molar-refractivity contribution in [1.82, 2.24) is 0 Å². The first-order valence-corrected chi connectivity index (χ1v) is 6.97. The molecule has 96 valence electrons. The summed E-state index contributed by atoms with van der Waals surface area (Å²) in [7, 11) is 0. The van der Waals surface area contributed by atoms with E-state index in [0.29, 0.717) is 12.2 Å². The van der Waals surface area contributed by atoms with Gasteiger partial charge in [-0.05, 0) is 25.0 Å². The quantitative estimate of drug-likeness (QED) is 0.482. The van der Waals surface area contributed by atoms with Gasteiger partial charge in [0.1, 0.15) is 5.82 Å². The van der Waals surface area contributed by atoms with Crippen molar-refractivity contribution >= 4 is 44.9 Å². The average molecular weight is 335 g/mol. The molecular weight excluding hydrogens is 324 g/mol. The molecule has 0 N–H and O–H groups in total. The van der Waals surface area contributed by atoms with E-state index in [0.717, 1.165) is 24.2 Å². The molecule has 18 heavy (non-hydrogen) atoms. The van der Waals surface area contributed by atoms with Gasteiger partial charge in [-0.25, -0.2) is 4.39 Å². The van der Waals surface area contributed by atoms with Crippen molar-refractivity contribution in [2.24, 2.45) is 0 Å². The summed E-state index contributed by atoms with van der Waals surface area (Å²) in [6, 6.07) is 2.37. The van der Waals surface area contributed by atoms with Gasteiger partial charge in [-0.2, -0.15) is 0 Å². The van der Waals surface area contributed by atoms with E-state index in [-0.39, 0.29) is 10.6 Å². The van der Waals surface area contributed by atoms with Crippen molar-refractivity contribution in [2.45, 2.75) is 12.8 Å². The third kappa shape index (κ3) is 2.29. The molecule has 1 aliphatic rings. The molecule has 1 aromatic rings. The number of unbranched alkanes of at least 4 members (excludes halogenated alkanes) is 1. The Morgan fingerprint density at radius 3 is 2.67 bits per heavy atom. The lowest BCUT2D eigenvalue weighted by molar-refractivity contribution is -0.114. The molecular formula is C12H10BrClFNO2. The summed E-state index contributed by atoms with van der Waals surface area (Å²) in [6.45, 7) is 0.407. The van der Waals surface area contributed by atoms with Gasteiger partial charge in [-0.1, -0.05) is 27.5 Å². The van der Waals surface area contributed by atoms with E-state index in [9.17, 15) is 14.0 Å². The number of carbonyl (C=O) groups excluding carboxylic acids is 2. The number of rotatable bonds is 4. The first-order valence-electron chi connectivity index (χ1n) is 5.47. The minimum absolute atomic E-state index is 0.141. The normalized spacial score (nSPS) is 14.3. The van der Waals surface area contributed by atoms with Crippen LogP contribution in [0.3, 0.4) is 0 Å². The molecule has 0 spiro atoms. The number of halogens is 3. The third-order valence-electron chi connectivity index (χ3n) is 2.78. The Morgan fingerprint density at radius 2 is 2.00 bits per heavy atom. The zero-order chi connectivity index (χ0) is 13.3. The molecule has 0 atom stereocenters. The lowest BCUT2D eigenvalue weighted by Gasteiger charge is -2.16. The van der Waals surface area contributed by atoms with Crippen LogP contribution in [0, 0.1) is 5.82 Å². The van der Waals surface area contributed by atoms with Crippen LogP contribution in [0.15, 0.2) is 12.1 Å². The van der Waals surface area contributed by atoms with Crippen LogP contribution >= 0.6 is 27.5 Å². The Kier molecular flexibility index (Phi) is 4.02. The van der Waals surface area contributed by atoms with Gasteiger partial charge in [0.2, 0.25) is 0 Å². The lowest BCUT2D eigenvalue weighted by atomic mass is 10.1. The van der Waals surface area contributed by atoms with Gasteiger partial charge in [0.25, 0.3) is 11.7 Å². The number of anilines is 1. The van der Waals surface area contributed by atoms with Gasteiger partial charge >= 0.3 is 0 Å². The minimum atomic E-state index is -0.622. The number of hydrogen-bond donors (Lipinski definition) is 0. The highest BCUT2D eigenvalue weighted by atomic mass is 79.9. The van der Waals surface area contributed by atoms with Gasteiger partial charge in [-0.3, -0.25) is 9.59 Å². The molecule has 0 aliphatic carbocycles. The Hall–Kier alpha value is -0.940. The highest BCUT2D eigenvalue weighted by Crippen LogP contribution is 2.33. The predicted octanol–water partition coefficient (Wildman–Crippen LogP) is 3.18. The summed E-state index contributed by atoms with van der Waals surface area (Å²) in [5.41, 5.74) is 0.506. The third-order valence-corrected chi connectivity index (χ3v) is 3.63. The van der Waals surface area contributed by atoms with Crippen molar-refractivity contribution in [3.05, 3.63) is 28.5 Å². The maximum Gasteiger partial charge on any atom is 0.299 e. The number of alkyl halides is 1. The van der Waals surface area contributed by atoms with E-state index in [1.807, 2.05) is 0 Å². The van der Waals surface area contributed by atoms with Gasteiger partial charge in [0, 0.05) is 11.9 Å². The van der Waals surface area contributed by atoms with Crippen LogP contribution in [0.5, 0.6) is 0 Å². The maximum absolute atomic E-state index is 13.4. The van der Waals surface area contributed by atoms with Crippen molar-refractivity contribution in [3.8, 4) is 0 Å². The Labute approximate surface area is 117 Å². The molecule has 1 aromatic carbocycles. The molecule has 0 saturated heterocycles. The van der Waals surface area contributed by atoms with Crippen LogP contribution in [0.2, 0.25) is 5.02 Å². The maximum atomic E-state index is 13.4. The fourth-order valence-corrected chi connectivity index (χ4v) is 2.44. The summed E-state index contributed by atoms with van der Waals surface area (Å²) < 4.78 is 13.4. The molecule has 0 bridgehead atoms. The summed E-state index contributed by atoms with van der Waals surface area (Å²) in [5.74, 6) is -1.85. The number of hydrogen-bond acceptors (Lipinski definition) is 2. The zero-order valence-corrected chi connectivity index (χ0v) is 11.7. The van der Waals surface area contributed by atoms with Crippen molar-refractivity contribution < 1.29 is 14.0 Å². The fourth-order valence-electron chi connectivity index (χ4n) is 1.88. The number of amides is 1. The largest absolute Gasteiger partial charge is 0.305 e. The first-order chi connectivity index (χ1) is 8.56. The second-order valence-electron chi connectivity index (χ2n) is 3.97. The van der Waals surface area contributed by atoms with E-state index >= 15 is 0 Å². The van der Waals surface area contributed by atoms with Gasteiger partial charge in [0.15, 0.2) is 0 Å². The molecule has 3 nitrogen and oxygen atoms in total. The van der Waals surface area contributed by atoms with Crippen molar-refractivity contribution in [2.75, 3.05) is 16.8 Å². The molecule has 1 amide bonds. The van der Waals surface area contributed by atoms with Crippen LogP contribution in [-0.2, 0) is 4.79 Å². The summed E-state index contributed by atoms with van der Waals surface area (Å²) >= 11 is 8.91. The Bertz CT molecular complexity index is 521. The second kappa shape index (κ2) is 5.36. The highest BCUT2D eigenvalue weighted by Gasteiger charge is 2.36.